The van der Waals surface area contributed by atoms with E-state index in [1.807, 2.05) is 35.2 Å². The predicted molar refractivity (Wildman–Crippen MR) is 107 cm³/mol. The average molecular weight is 364 g/mol. The first-order chi connectivity index (χ1) is 11.7. The normalized spacial score (nSPS) is 10.7. The quantitative estimate of drug-likeness (QED) is 0.779. The van der Waals surface area contributed by atoms with Gasteiger partial charge in [-0.25, -0.2) is 0 Å². The topological polar surface area (TPSA) is 53.9 Å². The molecule has 0 radical (unpaired) electrons. The number of rotatable bonds is 6. The molecule has 1 heterocycles. The Morgan fingerprint density at radius 2 is 1.52 bits per heavy atom. The molecule has 0 aliphatic rings. The highest BCUT2D eigenvalue weighted by Crippen LogP contribution is 2.14. The Kier molecular flexibility index (Phi) is 8.62. The maximum Gasteiger partial charge on any atom is 0.231 e. The summed E-state index contributed by atoms with van der Waals surface area (Å²) in [6.45, 7) is 15.2. The molecule has 0 fully saturated rings. The first-order valence-electron chi connectivity index (χ1n) is 8.67. The number of anilines is 2. The highest BCUT2D eigenvalue weighted by atomic mass is 35.5. The Morgan fingerprint density at radius 3 is 2.04 bits per heavy atom. The van der Waals surface area contributed by atoms with Gasteiger partial charge in [-0.05, 0) is 36.4 Å². The van der Waals surface area contributed by atoms with Crippen LogP contribution >= 0.6 is 11.6 Å². The minimum atomic E-state index is 0.206. The van der Waals surface area contributed by atoms with Crippen LogP contribution in [0.2, 0.25) is 5.28 Å². The summed E-state index contributed by atoms with van der Waals surface area (Å²) in [5.74, 6) is 1.10. The number of nitrogens with one attached hydrogen (secondary N) is 1. The lowest BCUT2D eigenvalue weighted by Gasteiger charge is -2.18. The molecule has 0 bridgehead atoms. The maximum atomic E-state index is 5.96. The zero-order valence-electron chi connectivity index (χ0n) is 16.2. The molecule has 0 aliphatic carbocycles. The molecule has 6 heteroatoms. The van der Waals surface area contributed by atoms with Gasteiger partial charge in [0.2, 0.25) is 17.2 Å². The summed E-state index contributed by atoms with van der Waals surface area (Å²) in [6, 6.07) is 10.1. The molecule has 5 nitrogen and oxygen atoms in total. The van der Waals surface area contributed by atoms with Gasteiger partial charge in [0.05, 0.1) is 0 Å². The Morgan fingerprint density at radius 1 is 0.960 bits per heavy atom. The summed E-state index contributed by atoms with van der Waals surface area (Å²) in [7, 11) is 0. The lowest BCUT2D eigenvalue weighted by atomic mass is 10.0. The third-order valence-corrected chi connectivity index (χ3v) is 3.11. The van der Waals surface area contributed by atoms with E-state index < -0.39 is 0 Å². The highest BCUT2D eigenvalue weighted by Gasteiger charge is 2.09. The maximum absolute atomic E-state index is 5.96. The summed E-state index contributed by atoms with van der Waals surface area (Å²) < 4.78 is 0. The molecule has 1 aromatic heterocycles. The summed E-state index contributed by atoms with van der Waals surface area (Å²) in [4.78, 5) is 14.7. The number of halogens is 1. The number of aromatic nitrogens is 3. The molecule has 0 spiro atoms. The van der Waals surface area contributed by atoms with Crippen LogP contribution in [-0.4, -0.2) is 28.0 Å². The van der Waals surface area contributed by atoms with Gasteiger partial charge in [0.15, 0.2) is 0 Å². The van der Waals surface area contributed by atoms with Crippen molar-refractivity contribution in [3.05, 3.63) is 41.2 Å². The van der Waals surface area contributed by atoms with Crippen LogP contribution < -0.4 is 10.2 Å². The van der Waals surface area contributed by atoms with Gasteiger partial charge in [-0.15, -0.1) is 0 Å². The van der Waals surface area contributed by atoms with Gasteiger partial charge in [0.1, 0.15) is 0 Å². The third kappa shape index (κ3) is 9.25. The van der Waals surface area contributed by atoms with E-state index in [9.17, 15) is 0 Å². The SMILES string of the molecule is CC(C)(C)C.CCN(CC)c1nc(Cl)nc(NCc2ccccc2)n1. The van der Waals surface area contributed by atoms with Gasteiger partial charge in [-0.1, -0.05) is 58.0 Å². The minimum absolute atomic E-state index is 0.206. The van der Waals surface area contributed by atoms with E-state index in [4.69, 9.17) is 11.6 Å². The Balaban J connectivity index is 0.000000550. The van der Waals surface area contributed by atoms with E-state index in [2.05, 4.69) is 61.8 Å². The fourth-order valence-corrected chi connectivity index (χ4v) is 2.00. The van der Waals surface area contributed by atoms with Crippen molar-refractivity contribution in [1.29, 1.82) is 0 Å². The zero-order valence-corrected chi connectivity index (χ0v) is 16.9. The van der Waals surface area contributed by atoms with Gasteiger partial charge in [-0.2, -0.15) is 15.0 Å². The van der Waals surface area contributed by atoms with Gasteiger partial charge in [0.25, 0.3) is 0 Å². The number of benzene rings is 1. The van der Waals surface area contributed by atoms with Crippen LogP contribution in [0.3, 0.4) is 0 Å². The fraction of sp³-hybridized carbons (Fsp3) is 0.526. The van der Waals surface area contributed by atoms with Crippen LogP contribution in [0.4, 0.5) is 11.9 Å². The molecule has 1 aromatic carbocycles. The van der Waals surface area contributed by atoms with E-state index in [0.717, 1.165) is 18.7 Å². The van der Waals surface area contributed by atoms with Crippen LogP contribution in [0.25, 0.3) is 0 Å². The number of hydrogen-bond donors (Lipinski definition) is 1. The first-order valence-corrected chi connectivity index (χ1v) is 9.05. The van der Waals surface area contributed by atoms with Gasteiger partial charge < -0.3 is 10.2 Å². The highest BCUT2D eigenvalue weighted by molar-refractivity contribution is 6.28. The van der Waals surface area contributed by atoms with Crippen LogP contribution in [0, 0.1) is 5.41 Å². The van der Waals surface area contributed by atoms with E-state index in [0.29, 0.717) is 23.9 Å². The minimum Gasteiger partial charge on any atom is -0.350 e. The van der Waals surface area contributed by atoms with Crippen molar-refractivity contribution in [2.45, 2.75) is 48.1 Å². The zero-order chi connectivity index (χ0) is 18.9. The Hall–Kier alpha value is -1.88. The molecule has 138 valence electrons. The van der Waals surface area contributed by atoms with Crippen molar-refractivity contribution in [2.75, 3.05) is 23.3 Å². The summed E-state index contributed by atoms with van der Waals surface area (Å²) in [5, 5.41) is 3.38. The van der Waals surface area contributed by atoms with Crippen molar-refractivity contribution in [1.82, 2.24) is 15.0 Å². The van der Waals surface area contributed by atoms with Crippen LogP contribution in [0.1, 0.15) is 47.1 Å². The average Bonchev–Trinajstić information content (AvgIpc) is 2.53. The molecular formula is C19H30ClN5. The summed E-state index contributed by atoms with van der Waals surface area (Å²) in [5.41, 5.74) is 1.66. The summed E-state index contributed by atoms with van der Waals surface area (Å²) in [6.07, 6.45) is 0. The lowest BCUT2D eigenvalue weighted by Crippen LogP contribution is -2.25. The second-order valence-corrected chi connectivity index (χ2v) is 7.58. The Labute approximate surface area is 156 Å². The summed E-state index contributed by atoms with van der Waals surface area (Å²) >= 11 is 5.96. The molecule has 0 aliphatic heterocycles. The smallest absolute Gasteiger partial charge is 0.231 e. The lowest BCUT2D eigenvalue weighted by molar-refractivity contribution is 0.469. The standard InChI is InChI=1S/C14H18ClN5.C5H12/c1-3-20(4-2)14-18-12(15)17-13(19-14)16-10-11-8-6-5-7-9-11;1-5(2,3)4/h5-9H,3-4,10H2,1-2H3,(H,16,17,18,19);1-4H3. The molecule has 0 saturated carbocycles. The van der Waals surface area contributed by atoms with Gasteiger partial charge >= 0.3 is 0 Å². The molecular weight excluding hydrogens is 334 g/mol. The van der Waals surface area contributed by atoms with Crippen LogP contribution in [0.5, 0.6) is 0 Å². The van der Waals surface area contributed by atoms with Crippen LogP contribution in [-0.2, 0) is 6.54 Å². The second-order valence-electron chi connectivity index (χ2n) is 7.24. The van der Waals surface area contributed by atoms with Crippen molar-refractivity contribution >= 4 is 23.5 Å². The van der Waals surface area contributed by atoms with E-state index in [-0.39, 0.29) is 5.28 Å². The van der Waals surface area contributed by atoms with Crippen molar-refractivity contribution in [2.24, 2.45) is 5.41 Å². The van der Waals surface area contributed by atoms with Crippen molar-refractivity contribution < 1.29 is 0 Å². The van der Waals surface area contributed by atoms with Crippen molar-refractivity contribution in [3.8, 4) is 0 Å². The molecule has 2 rings (SSSR count). The molecule has 2 aromatic rings. The number of hydrogen-bond acceptors (Lipinski definition) is 5. The molecule has 0 unspecified atom stereocenters. The molecule has 1 N–H and O–H groups in total. The van der Waals surface area contributed by atoms with Gasteiger partial charge in [-0.3, -0.25) is 0 Å². The third-order valence-electron chi connectivity index (χ3n) is 2.94. The monoisotopic (exact) mass is 363 g/mol. The molecule has 0 saturated heterocycles. The van der Waals surface area contributed by atoms with Crippen LogP contribution in [0.15, 0.2) is 30.3 Å². The largest absolute Gasteiger partial charge is 0.350 e. The van der Waals surface area contributed by atoms with Gasteiger partial charge in [0, 0.05) is 19.6 Å². The van der Waals surface area contributed by atoms with E-state index >= 15 is 0 Å². The molecule has 0 amide bonds. The Bertz CT molecular complexity index is 615. The molecule has 0 atom stereocenters. The van der Waals surface area contributed by atoms with E-state index in [1.54, 1.807) is 0 Å². The number of nitrogens with zero attached hydrogens (tertiary/aromatic N) is 4. The van der Waals surface area contributed by atoms with E-state index in [1.165, 1.54) is 0 Å². The van der Waals surface area contributed by atoms with Crippen molar-refractivity contribution in [3.63, 3.8) is 0 Å². The first kappa shape index (κ1) is 21.2. The second kappa shape index (κ2) is 10.2. The molecule has 25 heavy (non-hydrogen) atoms. The predicted octanol–water partition coefficient (Wildman–Crippen LogP) is 5.04. The fourth-order valence-electron chi connectivity index (χ4n) is 1.84.